The number of rotatable bonds is 1. The van der Waals surface area contributed by atoms with Crippen molar-refractivity contribution in [2.75, 3.05) is 0 Å². The van der Waals surface area contributed by atoms with Gasteiger partial charge in [0, 0.05) is 0 Å². The van der Waals surface area contributed by atoms with E-state index in [1.54, 1.807) is 0 Å². The smallest absolute Gasteiger partial charge is 0.323 e. The van der Waals surface area contributed by atoms with Crippen LogP contribution >= 0.6 is 0 Å². The fraction of sp³-hybridized carbons (Fsp3) is 0.889. The summed E-state index contributed by atoms with van der Waals surface area (Å²) >= 11 is 0. The van der Waals surface area contributed by atoms with E-state index < -0.39 is 11.5 Å². The summed E-state index contributed by atoms with van der Waals surface area (Å²) < 4.78 is 0. The molecule has 0 aromatic carbocycles. The van der Waals surface area contributed by atoms with Crippen LogP contribution in [0.15, 0.2) is 0 Å². The van der Waals surface area contributed by atoms with Crippen molar-refractivity contribution in [2.24, 2.45) is 17.6 Å². The second-order valence-electron chi connectivity index (χ2n) is 4.18. The Kier molecular flexibility index (Phi) is 1.65. The van der Waals surface area contributed by atoms with Crippen molar-refractivity contribution in [1.29, 1.82) is 0 Å². The number of fused-ring (bicyclic) bond motifs is 1. The molecule has 0 radical (unpaired) electrons. The monoisotopic (exact) mass is 169 g/mol. The summed E-state index contributed by atoms with van der Waals surface area (Å²) in [5.74, 6) is 0.0676. The number of carboxylic acids is 1. The highest BCUT2D eigenvalue weighted by Crippen LogP contribution is 2.48. The van der Waals surface area contributed by atoms with Crippen molar-refractivity contribution in [3.8, 4) is 0 Å². The van der Waals surface area contributed by atoms with E-state index >= 15 is 0 Å². The van der Waals surface area contributed by atoms with E-state index in [0.29, 0.717) is 12.3 Å². The van der Waals surface area contributed by atoms with Crippen LogP contribution in [0.3, 0.4) is 0 Å². The van der Waals surface area contributed by atoms with Crippen molar-refractivity contribution in [3.63, 3.8) is 0 Å². The zero-order chi connectivity index (χ0) is 8.77. The topological polar surface area (TPSA) is 63.3 Å². The summed E-state index contributed by atoms with van der Waals surface area (Å²) in [7, 11) is 0. The summed E-state index contributed by atoms with van der Waals surface area (Å²) in [6.45, 7) is 0. The SMILES string of the molecule is NC1(C(=O)O)CC[C@H]2CCC[C@H]21. The van der Waals surface area contributed by atoms with Gasteiger partial charge in [0.25, 0.3) is 0 Å². The van der Waals surface area contributed by atoms with Gasteiger partial charge in [-0.05, 0) is 31.1 Å². The minimum atomic E-state index is -0.888. The molecular formula is C9H15NO2. The average molecular weight is 169 g/mol. The highest BCUT2D eigenvalue weighted by Gasteiger charge is 2.52. The standard InChI is InChI=1S/C9H15NO2/c10-9(8(11)12)5-4-6-2-1-3-7(6)9/h6-7H,1-5,10H2,(H,11,12)/t6-,7-,9?/m1/s1. The van der Waals surface area contributed by atoms with E-state index in [4.69, 9.17) is 10.8 Å². The molecule has 0 aromatic rings. The molecule has 2 rings (SSSR count). The molecule has 1 unspecified atom stereocenters. The lowest BCUT2D eigenvalue weighted by atomic mass is 9.85. The van der Waals surface area contributed by atoms with Crippen molar-refractivity contribution in [2.45, 2.75) is 37.6 Å². The first-order chi connectivity index (χ1) is 5.64. The van der Waals surface area contributed by atoms with Crippen LogP contribution in [-0.2, 0) is 4.79 Å². The predicted octanol–water partition coefficient (Wildman–Crippen LogP) is 0.979. The largest absolute Gasteiger partial charge is 0.480 e. The molecule has 3 atom stereocenters. The van der Waals surface area contributed by atoms with Crippen molar-refractivity contribution in [1.82, 2.24) is 0 Å². The number of hydrogen-bond acceptors (Lipinski definition) is 2. The number of carboxylic acid groups (broad SMARTS) is 1. The van der Waals surface area contributed by atoms with E-state index in [0.717, 1.165) is 12.8 Å². The summed E-state index contributed by atoms with van der Waals surface area (Å²) in [5, 5.41) is 8.99. The van der Waals surface area contributed by atoms with Gasteiger partial charge in [0.2, 0.25) is 0 Å². The van der Waals surface area contributed by atoms with Crippen LogP contribution in [0.5, 0.6) is 0 Å². The summed E-state index contributed by atoms with van der Waals surface area (Å²) in [5.41, 5.74) is 5.00. The Bertz CT molecular complexity index is 217. The second kappa shape index (κ2) is 2.46. The lowest BCUT2D eigenvalue weighted by Gasteiger charge is -2.25. The molecule has 2 saturated carbocycles. The maximum absolute atomic E-state index is 10.9. The highest BCUT2D eigenvalue weighted by atomic mass is 16.4. The zero-order valence-electron chi connectivity index (χ0n) is 7.12. The molecule has 12 heavy (non-hydrogen) atoms. The fourth-order valence-electron chi connectivity index (χ4n) is 2.94. The summed E-state index contributed by atoms with van der Waals surface area (Å²) in [6.07, 6.45) is 5.08. The number of aliphatic carboxylic acids is 1. The molecule has 2 aliphatic carbocycles. The van der Waals surface area contributed by atoms with Crippen LogP contribution in [0.25, 0.3) is 0 Å². The molecule has 2 aliphatic rings. The van der Waals surface area contributed by atoms with Crippen molar-refractivity contribution < 1.29 is 9.90 Å². The Morgan fingerprint density at radius 3 is 2.83 bits per heavy atom. The van der Waals surface area contributed by atoms with Gasteiger partial charge in [0.15, 0.2) is 0 Å². The van der Waals surface area contributed by atoms with Gasteiger partial charge in [-0.2, -0.15) is 0 Å². The van der Waals surface area contributed by atoms with Crippen molar-refractivity contribution >= 4 is 5.97 Å². The molecule has 0 heterocycles. The lowest BCUT2D eigenvalue weighted by molar-refractivity contribution is -0.144. The molecule has 0 aromatic heterocycles. The molecule has 3 nitrogen and oxygen atoms in total. The third kappa shape index (κ3) is 0.891. The van der Waals surface area contributed by atoms with Gasteiger partial charge >= 0.3 is 5.97 Å². The summed E-state index contributed by atoms with van der Waals surface area (Å²) in [4.78, 5) is 10.9. The minimum absolute atomic E-state index is 0.259. The van der Waals surface area contributed by atoms with E-state index in [9.17, 15) is 4.79 Å². The van der Waals surface area contributed by atoms with Gasteiger partial charge in [-0.1, -0.05) is 12.8 Å². The molecule has 3 N–H and O–H groups in total. The first kappa shape index (κ1) is 8.05. The Labute approximate surface area is 71.9 Å². The Morgan fingerprint density at radius 2 is 2.17 bits per heavy atom. The number of carbonyl (C=O) groups is 1. The first-order valence-electron chi connectivity index (χ1n) is 4.67. The third-order valence-corrected chi connectivity index (χ3v) is 3.65. The Morgan fingerprint density at radius 1 is 1.42 bits per heavy atom. The predicted molar refractivity (Wildman–Crippen MR) is 44.6 cm³/mol. The molecule has 3 heteroatoms. The summed E-state index contributed by atoms with van der Waals surface area (Å²) in [6, 6.07) is 0. The number of nitrogens with two attached hydrogens (primary N) is 1. The van der Waals surface area contributed by atoms with E-state index in [1.807, 2.05) is 0 Å². The van der Waals surface area contributed by atoms with Crippen LogP contribution in [-0.4, -0.2) is 16.6 Å². The third-order valence-electron chi connectivity index (χ3n) is 3.65. The molecule has 0 spiro atoms. The van der Waals surface area contributed by atoms with Gasteiger partial charge < -0.3 is 10.8 Å². The molecule has 0 bridgehead atoms. The van der Waals surface area contributed by atoms with E-state index in [2.05, 4.69) is 0 Å². The van der Waals surface area contributed by atoms with Crippen LogP contribution < -0.4 is 5.73 Å². The first-order valence-corrected chi connectivity index (χ1v) is 4.67. The molecule has 0 aliphatic heterocycles. The molecular weight excluding hydrogens is 154 g/mol. The maximum atomic E-state index is 10.9. The zero-order valence-corrected chi connectivity index (χ0v) is 7.12. The number of hydrogen-bond donors (Lipinski definition) is 2. The van der Waals surface area contributed by atoms with Gasteiger partial charge in [0.05, 0.1) is 0 Å². The van der Waals surface area contributed by atoms with E-state index in [1.165, 1.54) is 12.8 Å². The minimum Gasteiger partial charge on any atom is -0.480 e. The molecule has 2 fully saturated rings. The van der Waals surface area contributed by atoms with Crippen LogP contribution in [0.2, 0.25) is 0 Å². The quantitative estimate of drug-likeness (QED) is 0.615. The van der Waals surface area contributed by atoms with Crippen LogP contribution in [0.4, 0.5) is 0 Å². The maximum Gasteiger partial charge on any atom is 0.323 e. The normalized spacial score (nSPS) is 46.1. The fourth-order valence-corrected chi connectivity index (χ4v) is 2.94. The average Bonchev–Trinajstić information content (AvgIpc) is 2.54. The second-order valence-corrected chi connectivity index (χ2v) is 4.18. The van der Waals surface area contributed by atoms with Gasteiger partial charge in [-0.25, -0.2) is 0 Å². The highest BCUT2D eigenvalue weighted by molar-refractivity contribution is 5.79. The Balaban J connectivity index is 2.22. The lowest BCUT2D eigenvalue weighted by Crippen LogP contribution is -2.51. The van der Waals surface area contributed by atoms with Crippen molar-refractivity contribution in [3.05, 3.63) is 0 Å². The van der Waals surface area contributed by atoms with Crippen LogP contribution in [0, 0.1) is 11.8 Å². The molecule has 68 valence electrons. The molecule has 0 saturated heterocycles. The van der Waals surface area contributed by atoms with Gasteiger partial charge in [0.1, 0.15) is 5.54 Å². The van der Waals surface area contributed by atoms with Crippen LogP contribution in [0.1, 0.15) is 32.1 Å². The van der Waals surface area contributed by atoms with E-state index in [-0.39, 0.29) is 5.92 Å². The van der Waals surface area contributed by atoms with Gasteiger partial charge in [-0.3, -0.25) is 4.79 Å². The molecule has 0 amide bonds. The van der Waals surface area contributed by atoms with Gasteiger partial charge in [-0.15, -0.1) is 0 Å². The Hall–Kier alpha value is -0.570.